The molecule has 0 saturated carbocycles. The van der Waals surface area contributed by atoms with Crippen molar-refractivity contribution in [3.8, 4) is 0 Å². The van der Waals surface area contributed by atoms with Gasteiger partial charge in [0, 0.05) is 0 Å². The number of hydrogen-bond acceptors (Lipinski definition) is 3. The lowest BCUT2D eigenvalue weighted by Gasteiger charge is -2.39. The number of aliphatic carboxylic acids is 2. The molecule has 0 aliphatic heterocycles. The van der Waals surface area contributed by atoms with Crippen molar-refractivity contribution < 1.29 is 19.8 Å². The van der Waals surface area contributed by atoms with E-state index in [-0.39, 0.29) is 12.8 Å². The van der Waals surface area contributed by atoms with Gasteiger partial charge in [0.05, 0.1) is 5.92 Å². The Bertz CT molecular complexity index is 319. The molecular weight excluding hydrogens is 222 g/mol. The summed E-state index contributed by atoms with van der Waals surface area (Å²) < 4.78 is 0. The van der Waals surface area contributed by atoms with Gasteiger partial charge in [0.2, 0.25) is 0 Å². The Kier molecular flexibility index (Phi) is 4.89. The molecule has 0 spiro atoms. The molecule has 98 valence electrons. The van der Waals surface area contributed by atoms with Crippen LogP contribution >= 0.6 is 0 Å². The van der Waals surface area contributed by atoms with Crippen LogP contribution in [0.1, 0.15) is 33.6 Å². The minimum absolute atomic E-state index is 0.118. The molecule has 0 aromatic carbocycles. The fourth-order valence-electron chi connectivity index (χ4n) is 1.58. The van der Waals surface area contributed by atoms with Crippen LogP contribution in [-0.4, -0.2) is 27.7 Å². The highest BCUT2D eigenvalue weighted by atomic mass is 16.4. The maximum atomic E-state index is 11.3. The van der Waals surface area contributed by atoms with Gasteiger partial charge in [-0.2, -0.15) is 0 Å². The van der Waals surface area contributed by atoms with E-state index in [0.717, 1.165) is 0 Å². The van der Waals surface area contributed by atoms with Gasteiger partial charge in [-0.25, -0.2) is 0 Å². The summed E-state index contributed by atoms with van der Waals surface area (Å²) in [4.78, 5) is 22.3. The van der Waals surface area contributed by atoms with Crippen LogP contribution in [0.2, 0.25) is 0 Å². The van der Waals surface area contributed by atoms with E-state index < -0.39 is 28.8 Å². The van der Waals surface area contributed by atoms with E-state index in [2.05, 4.69) is 6.58 Å². The van der Waals surface area contributed by atoms with Gasteiger partial charge in [-0.05, 0) is 18.3 Å². The van der Waals surface area contributed by atoms with Crippen LogP contribution in [0.25, 0.3) is 0 Å². The number of allylic oxidation sites excluding steroid dienone is 1. The lowest BCUT2D eigenvalue weighted by molar-refractivity contribution is -0.151. The number of rotatable bonds is 6. The summed E-state index contributed by atoms with van der Waals surface area (Å²) in [5.74, 6) is -3.06. The highest BCUT2D eigenvalue weighted by molar-refractivity contribution is 5.81. The second-order valence-electron chi connectivity index (χ2n) is 5.29. The molecule has 5 nitrogen and oxygen atoms in total. The lowest BCUT2D eigenvalue weighted by atomic mass is 9.69. The van der Waals surface area contributed by atoms with Crippen LogP contribution in [0.15, 0.2) is 12.7 Å². The first-order valence-electron chi connectivity index (χ1n) is 5.42. The van der Waals surface area contributed by atoms with Gasteiger partial charge in [-0.1, -0.05) is 26.8 Å². The molecule has 0 aliphatic rings. The molecule has 0 radical (unpaired) electrons. The minimum atomic E-state index is -1.57. The Morgan fingerprint density at radius 2 is 1.82 bits per heavy atom. The Morgan fingerprint density at radius 1 is 1.35 bits per heavy atom. The smallest absolute Gasteiger partial charge is 0.324 e. The molecule has 2 atom stereocenters. The van der Waals surface area contributed by atoms with Gasteiger partial charge in [0.1, 0.15) is 5.54 Å². The van der Waals surface area contributed by atoms with E-state index in [1.165, 1.54) is 6.08 Å². The highest BCUT2D eigenvalue weighted by Crippen LogP contribution is 2.34. The summed E-state index contributed by atoms with van der Waals surface area (Å²) in [6.45, 7) is 8.53. The summed E-state index contributed by atoms with van der Waals surface area (Å²) in [5, 5.41) is 18.2. The fraction of sp³-hybridized carbons (Fsp3) is 0.667. The zero-order valence-corrected chi connectivity index (χ0v) is 10.6. The van der Waals surface area contributed by atoms with Crippen molar-refractivity contribution in [2.24, 2.45) is 17.1 Å². The fourth-order valence-corrected chi connectivity index (χ4v) is 1.58. The molecule has 1 unspecified atom stereocenters. The SMILES string of the molecule is C=CCC(C[C@@](N)(C(=O)O)C(C)(C)C)C(=O)O. The first-order chi connectivity index (χ1) is 7.56. The molecule has 0 aliphatic carbocycles. The van der Waals surface area contributed by atoms with Crippen molar-refractivity contribution in [2.45, 2.75) is 39.2 Å². The highest BCUT2D eigenvalue weighted by Gasteiger charge is 2.47. The average molecular weight is 243 g/mol. The maximum absolute atomic E-state index is 11.3. The topological polar surface area (TPSA) is 101 Å². The third kappa shape index (κ3) is 3.56. The van der Waals surface area contributed by atoms with Gasteiger partial charge >= 0.3 is 11.9 Å². The zero-order chi connectivity index (χ0) is 13.9. The molecule has 0 saturated heterocycles. The molecule has 0 rings (SSSR count). The van der Waals surface area contributed by atoms with E-state index in [1.54, 1.807) is 20.8 Å². The number of nitrogens with two attached hydrogens (primary N) is 1. The zero-order valence-electron chi connectivity index (χ0n) is 10.6. The Hall–Kier alpha value is -1.36. The quantitative estimate of drug-likeness (QED) is 0.613. The average Bonchev–Trinajstić information content (AvgIpc) is 2.14. The van der Waals surface area contributed by atoms with Crippen molar-refractivity contribution in [2.75, 3.05) is 0 Å². The predicted octanol–water partition coefficient (Wildman–Crippen LogP) is 1.48. The Balaban J connectivity index is 5.18. The lowest BCUT2D eigenvalue weighted by Crippen LogP contribution is -2.59. The molecule has 0 aromatic rings. The first-order valence-corrected chi connectivity index (χ1v) is 5.42. The third-order valence-electron chi connectivity index (χ3n) is 3.09. The predicted molar refractivity (Wildman–Crippen MR) is 64.6 cm³/mol. The molecule has 0 aromatic heterocycles. The number of hydrogen-bond donors (Lipinski definition) is 3. The van der Waals surface area contributed by atoms with Crippen molar-refractivity contribution in [1.29, 1.82) is 0 Å². The monoisotopic (exact) mass is 243 g/mol. The van der Waals surface area contributed by atoms with E-state index >= 15 is 0 Å². The summed E-state index contributed by atoms with van der Waals surface area (Å²) in [6.07, 6.45) is 1.55. The molecular formula is C12H21NO4. The number of carboxylic acids is 2. The van der Waals surface area contributed by atoms with Gasteiger partial charge in [0.25, 0.3) is 0 Å². The van der Waals surface area contributed by atoms with Crippen molar-refractivity contribution in [3.63, 3.8) is 0 Å². The summed E-state index contributed by atoms with van der Waals surface area (Å²) in [7, 11) is 0. The van der Waals surface area contributed by atoms with Crippen LogP contribution in [-0.2, 0) is 9.59 Å². The number of carbonyl (C=O) groups is 2. The largest absolute Gasteiger partial charge is 0.481 e. The van der Waals surface area contributed by atoms with Gasteiger partial charge in [-0.15, -0.1) is 6.58 Å². The van der Waals surface area contributed by atoms with Crippen LogP contribution in [0, 0.1) is 11.3 Å². The molecule has 0 amide bonds. The minimum Gasteiger partial charge on any atom is -0.481 e. The van der Waals surface area contributed by atoms with Crippen LogP contribution in [0.5, 0.6) is 0 Å². The van der Waals surface area contributed by atoms with Gasteiger partial charge in [-0.3, -0.25) is 9.59 Å². The van der Waals surface area contributed by atoms with Crippen molar-refractivity contribution >= 4 is 11.9 Å². The molecule has 4 N–H and O–H groups in total. The van der Waals surface area contributed by atoms with Crippen LogP contribution in [0.4, 0.5) is 0 Å². The van der Waals surface area contributed by atoms with E-state index in [9.17, 15) is 14.7 Å². The number of carboxylic acid groups (broad SMARTS) is 2. The normalized spacial score (nSPS) is 16.9. The van der Waals surface area contributed by atoms with E-state index in [0.29, 0.717) is 0 Å². The van der Waals surface area contributed by atoms with E-state index in [1.807, 2.05) is 0 Å². The molecule has 5 heteroatoms. The summed E-state index contributed by atoms with van der Waals surface area (Å²) >= 11 is 0. The molecule has 0 heterocycles. The van der Waals surface area contributed by atoms with Crippen LogP contribution < -0.4 is 5.73 Å². The van der Waals surface area contributed by atoms with E-state index in [4.69, 9.17) is 10.8 Å². The second kappa shape index (κ2) is 5.31. The maximum Gasteiger partial charge on any atom is 0.324 e. The van der Waals surface area contributed by atoms with Gasteiger partial charge in [0.15, 0.2) is 0 Å². The molecule has 0 bridgehead atoms. The second-order valence-corrected chi connectivity index (χ2v) is 5.29. The Morgan fingerprint density at radius 3 is 2.06 bits per heavy atom. The standard InChI is InChI=1S/C12H21NO4/c1-5-6-8(9(14)15)7-12(13,10(16)17)11(2,3)4/h5,8H,1,6-7,13H2,2-4H3,(H,14,15)(H,16,17)/t8?,12-/m1/s1. The van der Waals surface area contributed by atoms with Crippen LogP contribution in [0.3, 0.4) is 0 Å². The molecule has 17 heavy (non-hydrogen) atoms. The Labute approximate surface area is 101 Å². The summed E-state index contributed by atoms with van der Waals surface area (Å²) in [6, 6.07) is 0. The van der Waals surface area contributed by atoms with Crippen molar-refractivity contribution in [3.05, 3.63) is 12.7 Å². The van der Waals surface area contributed by atoms with Crippen molar-refractivity contribution in [1.82, 2.24) is 0 Å². The molecule has 0 fully saturated rings. The first kappa shape index (κ1) is 15.6. The van der Waals surface area contributed by atoms with Gasteiger partial charge < -0.3 is 15.9 Å². The summed E-state index contributed by atoms with van der Waals surface area (Å²) in [5.41, 5.74) is 3.59. The third-order valence-corrected chi connectivity index (χ3v) is 3.09.